The van der Waals surface area contributed by atoms with Crippen LogP contribution in [0.4, 0.5) is 0 Å². The highest BCUT2D eigenvalue weighted by atomic mass is 14.9. The minimum atomic E-state index is 0.632. The molecule has 0 spiro atoms. The number of rotatable bonds is 5. The molecule has 22 heavy (non-hydrogen) atoms. The summed E-state index contributed by atoms with van der Waals surface area (Å²) in [4.78, 5) is 9.47. The van der Waals surface area contributed by atoms with Crippen molar-refractivity contribution in [2.24, 2.45) is 5.92 Å². The fourth-order valence-corrected chi connectivity index (χ4v) is 4.41. The number of nitrogens with zero attached hydrogens (tertiary/aromatic N) is 2. The van der Waals surface area contributed by atoms with Crippen molar-refractivity contribution in [3.63, 3.8) is 0 Å². The van der Waals surface area contributed by atoms with Gasteiger partial charge in [0.2, 0.25) is 0 Å². The maximum atomic E-state index is 4.74. The van der Waals surface area contributed by atoms with E-state index in [-0.39, 0.29) is 0 Å². The first-order valence-corrected chi connectivity index (χ1v) is 9.68. The van der Waals surface area contributed by atoms with Crippen LogP contribution in [0.25, 0.3) is 0 Å². The standard InChI is InChI=1S/C20H32N2/c1-2-3-7-16-10-12-17(13-11-16)19-14-21-20(22-15-19)18-8-5-4-6-9-18/h14-18H,2-13H2,1H3/t16-,17-. The van der Waals surface area contributed by atoms with Gasteiger partial charge in [-0.15, -0.1) is 0 Å². The monoisotopic (exact) mass is 300 g/mol. The van der Waals surface area contributed by atoms with E-state index in [1.165, 1.54) is 82.6 Å². The molecule has 0 saturated heterocycles. The maximum Gasteiger partial charge on any atom is 0.131 e. The van der Waals surface area contributed by atoms with Gasteiger partial charge in [-0.2, -0.15) is 0 Å². The topological polar surface area (TPSA) is 25.8 Å². The van der Waals surface area contributed by atoms with Crippen molar-refractivity contribution in [2.75, 3.05) is 0 Å². The Morgan fingerprint density at radius 2 is 1.55 bits per heavy atom. The van der Waals surface area contributed by atoms with E-state index >= 15 is 0 Å². The Balaban J connectivity index is 1.52. The molecular formula is C20H32N2. The second-order valence-electron chi connectivity index (χ2n) is 7.57. The van der Waals surface area contributed by atoms with Gasteiger partial charge in [0, 0.05) is 18.3 Å². The van der Waals surface area contributed by atoms with E-state index in [9.17, 15) is 0 Å². The van der Waals surface area contributed by atoms with Crippen LogP contribution < -0.4 is 0 Å². The van der Waals surface area contributed by atoms with Gasteiger partial charge in [-0.25, -0.2) is 9.97 Å². The van der Waals surface area contributed by atoms with Gasteiger partial charge in [0.15, 0.2) is 0 Å². The molecule has 0 N–H and O–H groups in total. The Morgan fingerprint density at radius 1 is 0.864 bits per heavy atom. The molecule has 0 amide bonds. The quantitative estimate of drug-likeness (QED) is 0.667. The van der Waals surface area contributed by atoms with E-state index < -0.39 is 0 Å². The lowest BCUT2D eigenvalue weighted by molar-refractivity contribution is 0.303. The van der Waals surface area contributed by atoms with Crippen LogP contribution in [0, 0.1) is 5.92 Å². The van der Waals surface area contributed by atoms with Crippen molar-refractivity contribution >= 4 is 0 Å². The van der Waals surface area contributed by atoms with Crippen molar-refractivity contribution in [3.05, 3.63) is 23.8 Å². The second-order valence-corrected chi connectivity index (χ2v) is 7.57. The highest BCUT2D eigenvalue weighted by molar-refractivity contribution is 5.14. The van der Waals surface area contributed by atoms with Gasteiger partial charge >= 0.3 is 0 Å². The van der Waals surface area contributed by atoms with Crippen molar-refractivity contribution in [1.82, 2.24) is 9.97 Å². The molecule has 2 aliphatic carbocycles. The Labute approximate surface area is 136 Å². The van der Waals surface area contributed by atoms with E-state index in [2.05, 4.69) is 19.3 Å². The minimum Gasteiger partial charge on any atom is -0.241 e. The van der Waals surface area contributed by atoms with Gasteiger partial charge in [0.05, 0.1) is 0 Å². The van der Waals surface area contributed by atoms with E-state index in [4.69, 9.17) is 9.97 Å². The molecule has 2 nitrogen and oxygen atoms in total. The van der Waals surface area contributed by atoms with Crippen molar-refractivity contribution < 1.29 is 0 Å². The third-order valence-electron chi connectivity index (χ3n) is 5.95. The lowest BCUT2D eigenvalue weighted by atomic mass is 9.77. The van der Waals surface area contributed by atoms with E-state index in [1.807, 2.05) is 0 Å². The first kappa shape index (κ1) is 16.0. The number of hydrogen-bond acceptors (Lipinski definition) is 2. The average molecular weight is 300 g/mol. The average Bonchev–Trinajstić information content (AvgIpc) is 2.61. The molecule has 0 unspecified atom stereocenters. The number of aromatic nitrogens is 2. The molecule has 2 fully saturated rings. The summed E-state index contributed by atoms with van der Waals surface area (Å²) in [7, 11) is 0. The molecule has 0 radical (unpaired) electrons. The van der Waals surface area contributed by atoms with Crippen LogP contribution >= 0.6 is 0 Å². The van der Waals surface area contributed by atoms with Gasteiger partial charge in [0.25, 0.3) is 0 Å². The molecule has 122 valence electrons. The number of hydrogen-bond donors (Lipinski definition) is 0. The van der Waals surface area contributed by atoms with Crippen LogP contribution in [0.3, 0.4) is 0 Å². The van der Waals surface area contributed by atoms with Crippen LogP contribution in [-0.4, -0.2) is 9.97 Å². The van der Waals surface area contributed by atoms with Crippen molar-refractivity contribution in [3.8, 4) is 0 Å². The molecule has 2 heteroatoms. The molecule has 0 aliphatic heterocycles. The molecule has 0 bridgehead atoms. The predicted octanol–water partition coefficient (Wildman–Crippen LogP) is 5.99. The van der Waals surface area contributed by atoms with Gasteiger partial charge in [0.1, 0.15) is 5.82 Å². The zero-order valence-electron chi connectivity index (χ0n) is 14.3. The fourth-order valence-electron chi connectivity index (χ4n) is 4.41. The smallest absolute Gasteiger partial charge is 0.131 e. The predicted molar refractivity (Wildman–Crippen MR) is 92.1 cm³/mol. The van der Waals surface area contributed by atoms with E-state index in [0.717, 1.165) is 17.7 Å². The van der Waals surface area contributed by atoms with Crippen LogP contribution in [0.5, 0.6) is 0 Å². The summed E-state index contributed by atoms with van der Waals surface area (Å²) in [6.07, 6.45) is 20.7. The molecule has 1 aromatic heterocycles. The largest absolute Gasteiger partial charge is 0.241 e. The normalized spacial score (nSPS) is 27.0. The lowest BCUT2D eigenvalue weighted by Gasteiger charge is -2.28. The summed E-state index contributed by atoms with van der Waals surface area (Å²) in [5.74, 6) is 3.45. The van der Waals surface area contributed by atoms with E-state index in [1.54, 1.807) is 0 Å². The number of unbranched alkanes of at least 4 members (excludes halogenated alkanes) is 1. The van der Waals surface area contributed by atoms with Gasteiger partial charge in [-0.3, -0.25) is 0 Å². The summed E-state index contributed by atoms with van der Waals surface area (Å²) in [6.45, 7) is 2.30. The van der Waals surface area contributed by atoms with Gasteiger partial charge < -0.3 is 0 Å². The molecule has 1 heterocycles. The van der Waals surface area contributed by atoms with Gasteiger partial charge in [-0.05, 0) is 55.9 Å². The van der Waals surface area contributed by atoms with Crippen molar-refractivity contribution in [2.45, 2.75) is 95.8 Å². The molecule has 1 aromatic rings. The second kappa shape index (κ2) is 8.08. The molecule has 0 atom stereocenters. The Kier molecular flexibility index (Phi) is 5.86. The highest BCUT2D eigenvalue weighted by Gasteiger charge is 2.23. The molecule has 0 aromatic carbocycles. The highest BCUT2D eigenvalue weighted by Crippen LogP contribution is 2.37. The molecular weight excluding hydrogens is 268 g/mol. The summed E-state index contributed by atoms with van der Waals surface area (Å²) in [5, 5.41) is 0. The summed E-state index contributed by atoms with van der Waals surface area (Å²) in [6, 6.07) is 0. The van der Waals surface area contributed by atoms with E-state index in [0.29, 0.717) is 5.92 Å². The maximum absolute atomic E-state index is 4.74. The third kappa shape index (κ3) is 4.08. The molecule has 2 saturated carbocycles. The summed E-state index contributed by atoms with van der Waals surface area (Å²) < 4.78 is 0. The first-order chi connectivity index (χ1) is 10.9. The Bertz CT molecular complexity index is 426. The Hall–Kier alpha value is -0.920. The van der Waals surface area contributed by atoms with Crippen LogP contribution in [-0.2, 0) is 0 Å². The van der Waals surface area contributed by atoms with Gasteiger partial charge in [-0.1, -0.05) is 45.4 Å². The SMILES string of the molecule is CCCC[C@H]1CC[C@H](c2cnc(C3CCCCC3)nc2)CC1. The van der Waals surface area contributed by atoms with Crippen molar-refractivity contribution in [1.29, 1.82) is 0 Å². The Morgan fingerprint density at radius 3 is 2.18 bits per heavy atom. The first-order valence-electron chi connectivity index (χ1n) is 9.68. The molecule has 2 aliphatic rings. The van der Waals surface area contributed by atoms with Crippen LogP contribution in [0.15, 0.2) is 12.4 Å². The zero-order valence-corrected chi connectivity index (χ0v) is 14.3. The van der Waals surface area contributed by atoms with Crippen LogP contribution in [0.1, 0.15) is 107 Å². The summed E-state index contributed by atoms with van der Waals surface area (Å²) in [5.41, 5.74) is 1.40. The zero-order chi connectivity index (χ0) is 15.2. The third-order valence-corrected chi connectivity index (χ3v) is 5.95. The summed E-state index contributed by atoms with van der Waals surface area (Å²) >= 11 is 0. The fraction of sp³-hybridized carbons (Fsp3) is 0.800. The molecule has 3 rings (SSSR count). The van der Waals surface area contributed by atoms with Crippen LogP contribution in [0.2, 0.25) is 0 Å². The minimum absolute atomic E-state index is 0.632. The lowest BCUT2D eigenvalue weighted by Crippen LogP contribution is -2.15.